The van der Waals surface area contributed by atoms with Gasteiger partial charge in [-0.05, 0) is 43.7 Å². The molecule has 0 aliphatic carbocycles. The number of carbonyl (C=O) groups is 1. The van der Waals surface area contributed by atoms with Crippen LogP contribution in [-0.2, 0) is 0 Å². The number of aliphatic imine (C=N–C) groups is 1. The van der Waals surface area contributed by atoms with E-state index in [9.17, 15) is 4.79 Å². The molecule has 150 valence electrons. The highest BCUT2D eigenvalue weighted by Gasteiger charge is 2.30. The molecule has 7 nitrogen and oxygen atoms in total. The van der Waals surface area contributed by atoms with Crippen LogP contribution in [0.25, 0.3) is 0 Å². The highest BCUT2D eigenvalue weighted by Crippen LogP contribution is 2.37. The summed E-state index contributed by atoms with van der Waals surface area (Å²) in [6.45, 7) is 3.73. The van der Waals surface area contributed by atoms with Gasteiger partial charge >= 0.3 is 0 Å². The van der Waals surface area contributed by atoms with E-state index < -0.39 is 0 Å². The van der Waals surface area contributed by atoms with Crippen LogP contribution < -0.4 is 19.9 Å². The van der Waals surface area contributed by atoms with Crippen LogP contribution in [0.2, 0.25) is 0 Å². The number of hydrogen-bond acceptors (Lipinski definition) is 7. The molecular weight excluding hydrogens is 380 g/mol. The topological polar surface area (TPSA) is 76.1 Å². The summed E-state index contributed by atoms with van der Waals surface area (Å²) in [5.41, 5.74) is 7.61. The normalized spacial score (nSPS) is 17.2. The predicted octanol–water partition coefficient (Wildman–Crippen LogP) is 3.79. The molecule has 0 saturated carbocycles. The van der Waals surface area contributed by atoms with Gasteiger partial charge in [-0.15, -0.1) is 0 Å². The van der Waals surface area contributed by atoms with Crippen LogP contribution in [0.1, 0.15) is 40.4 Å². The number of rotatable bonds is 4. The van der Waals surface area contributed by atoms with Gasteiger partial charge in [-0.25, -0.2) is 9.98 Å². The van der Waals surface area contributed by atoms with Crippen LogP contribution in [0.5, 0.6) is 11.5 Å². The van der Waals surface area contributed by atoms with Gasteiger partial charge in [0.05, 0.1) is 5.69 Å². The molecule has 7 heteroatoms. The molecular formula is C23H20N4O3. The molecule has 5 rings (SSSR count). The average Bonchev–Trinajstić information content (AvgIpc) is 3.40. The minimum Gasteiger partial charge on any atom is -0.454 e. The molecule has 1 aromatic heterocycles. The molecule has 1 atom stereocenters. The molecule has 1 N–H and O–H groups in total. The van der Waals surface area contributed by atoms with Crippen molar-refractivity contribution in [3.05, 3.63) is 83.2 Å². The molecule has 1 unspecified atom stereocenters. The molecule has 0 spiro atoms. The lowest BCUT2D eigenvalue weighted by Gasteiger charge is -2.22. The first-order valence-corrected chi connectivity index (χ1v) is 9.67. The molecule has 3 heterocycles. The Hall–Kier alpha value is -3.71. The van der Waals surface area contributed by atoms with Crippen molar-refractivity contribution in [3.8, 4) is 11.5 Å². The molecule has 2 aliphatic rings. The summed E-state index contributed by atoms with van der Waals surface area (Å²) in [4.78, 5) is 21.2. The molecule has 0 fully saturated rings. The molecule has 0 bridgehead atoms. The fourth-order valence-electron chi connectivity index (χ4n) is 3.51. The zero-order valence-corrected chi connectivity index (χ0v) is 16.6. The maximum Gasteiger partial charge on any atom is 0.231 e. The summed E-state index contributed by atoms with van der Waals surface area (Å²) in [5, 5.41) is 1.91. The zero-order valence-electron chi connectivity index (χ0n) is 16.6. The number of hydrazine groups is 1. The molecule has 3 aromatic rings. The van der Waals surface area contributed by atoms with E-state index >= 15 is 0 Å². The van der Waals surface area contributed by atoms with Crippen molar-refractivity contribution in [1.82, 2.24) is 10.4 Å². The van der Waals surface area contributed by atoms with Gasteiger partial charge in [0.1, 0.15) is 11.9 Å². The van der Waals surface area contributed by atoms with Gasteiger partial charge in [0, 0.05) is 17.3 Å². The first-order chi connectivity index (χ1) is 14.6. The molecule has 30 heavy (non-hydrogen) atoms. The van der Waals surface area contributed by atoms with Crippen molar-refractivity contribution in [2.45, 2.75) is 20.0 Å². The van der Waals surface area contributed by atoms with E-state index in [1.54, 1.807) is 6.92 Å². The number of hydrogen-bond donors (Lipinski definition) is 1. The summed E-state index contributed by atoms with van der Waals surface area (Å²) >= 11 is 0. The second kappa shape index (κ2) is 7.27. The number of amidine groups is 1. The number of benzene rings is 2. The number of pyridine rings is 1. The number of carbonyl (C=O) groups excluding carboxylic acids is 1. The Morgan fingerprint density at radius 2 is 1.87 bits per heavy atom. The van der Waals surface area contributed by atoms with Crippen molar-refractivity contribution in [3.63, 3.8) is 0 Å². The Morgan fingerprint density at radius 1 is 1.07 bits per heavy atom. The fourth-order valence-corrected chi connectivity index (χ4v) is 3.51. The van der Waals surface area contributed by atoms with E-state index in [4.69, 9.17) is 14.5 Å². The highest BCUT2D eigenvalue weighted by molar-refractivity contribution is 6.09. The van der Waals surface area contributed by atoms with Crippen LogP contribution in [0, 0.1) is 6.92 Å². The molecule has 2 aliphatic heterocycles. The second-order valence-electron chi connectivity index (χ2n) is 7.20. The maximum absolute atomic E-state index is 11.6. The van der Waals surface area contributed by atoms with Crippen molar-refractivity contribution in [2.24, 2.45) is 4.99 Å². The Morgan fingerprint density at radius 3 is 2.63 bits per heavy atom. The van der Waals surface area contributed by atoms with Crippen molar-refractivity contribution in [1.29, 1.82) is 0 Å². The highest BCUT2D eigenvalue weighted by atomic mass is 16.7. The second-order valence-corrected chi connectivity index (χ2v) is 7.20. The van der Waals surface area contributed by atoms with Gasteiger partial charge in [0.15, 0.2) is 23.1 Å². The summed E-state index contributed by atoms with van der Waals surface area (Å²) in [6, 6.07) is 19.1. The average molecular weight is 400 g/mol. The number of ether oxygens (including phenoxy) is 2. The molecule has 0 saturated heterocycles. The van der Waals surface area contributed by atoms with Gasteiger partial charge in [-0.2, -0.15) is 5.43 Å². The van der Waals surface area contributed by atoms with Crippen LogP contribution in [0.15, 0.2) is 65.7 Å². The monoisotopic (exact) mass is 400 g/mol. The standard InChI is InChI=1S/C23H20N4O3/c1-14-4-3-5-19(24-14)23-25-22(17-8-6-16(7-9-17)15(2)28)26-27(23)18-10-11-20-21(12-18)30-13-29-20/h3-12,22,26H,13H2,1-2H3. The SMILES string of the molecule is CC(=O)c1ccc(C2N=C(c3cccc(C)n3)N(c3ccc4c(c3)OCO4)N2)cc1. The molecule has 2 aromatic carbocycles. The first-order valence-electron chi connectivity index (χ1n) is 9.67. The third-order valence-electron chi connectivity index (χ3n) is 5.08. The van der Waals surface area contributed by atoms with E-state index in [-0.39, 0.29) is 18.7 Å². The number of Topliss-reactive ketones (excluding diaryl/α,β-unsaturated/α-hetero) is 1. The maximum atomic E-state index is 11.6. The Kier molecular flexibility index (Phi) is 4.44. The number of aromatic nitrogens is 1. The lowest BCUT2D eigenvalue weighted by atomic mass is 10.1. The van der Waals surface area contributed by atoms with Crippen LogP contribution in [0.3, 0.4) is 0 Å². The van der Waals surface area contributed by atoms with Crippen LogP contribution in [0.4, 0.5) is 5.69 Å². The zero-order chi connectivity index (χ0) is 20.7. The smallest absolute Gasteiger partial charge is 0.231 e. The third kappa shape index (κ3) is 3.29. The van der Waals surface area contributed by atoms with Crippen molar-refractivity contribution < 1.29 is 14.3 Å². The summed E-state index contributed by atoms with van der Waals surface area (Å²) in [7, 11) is 0. The van der Waals surface area contributed by atoms with Gasteiger partial charge in [-0.3, -0.25) is 9.80 Å². The Bertz CT molecular complexity index is 1160. The molecule has 0 radical (unpaired) electrons. The fraction of sp³-hybridized carbons (Fsp3) is 0.174. The summed E-state index contributed by atoms with van der Waals surface area (Å²) < 4.78 is 11.0. The minimum absolute atomic E-state index is 0.0380. The van der Waals surface area contributed by atoms with E-state index in [0.717, 1.165) is 28.4 Å². The lowest BCUT2D eigenvalue weighted by molar-refractivity contribution is 0.101. The number of nitrogens with zero attached hydrogens (tertiary/aromatic N) is 3. The minimum atomic E-state index is -0.311. The van der Waals surface area contributed by atoms with Crippen molar-refractivity contribution >= 4 is 17.3 Å². The van der Waals surface area contributed by atoms with Crippen LogP contribution in [-0.4, -0.2) is 23.4 Å². The first kappa shape index (κ1) is 18.3. The summed E-state index contributed by atoms with van der Waals surface area (Å²) in [6.07, 6.45) is -0.311. The van der Waals surface area contributed by atoms with Crippen molar-refractivity contribution in [2.75, 3.05) is 11.8 Å². The number of anilines is 1. The van der Waals surface area contributed by atoms with E-state index in [2.05, 4.69) is 10.4 Å². The van der Waals surface area contributed by atoms with E-state index in [1.807, 2.05) is 72.6 Å². The number of nitrogens with one attached hydrogen (secondary N) is 1. The van der Waals surface area contributed by atoms with E-state index in [1.165, 1.54) is 0 Å². The van der Waals surface area contributed by atoms with Gasteiger partial charge in [-0.1, -0.05) is 30.3 Å². The summed E-state index contributed by atoms with van der Waals surface area (Å²) in [5.74, 6) is 2.16. The molecule has 0 amide bonds. The predicted molar refractivity (Wildman–Crippen MR) is 113 cm³/mol. The van der Waals surface area contributed by atoms with E-state index in [0.29, 0.717) is 17.1 Å². The third-order valence-corrected chi connectivity index (χ3v) is 5.08. The van der Waals surface area contributed by atoms with Crippen LogP contribution >= 0.6 is 0 Å². The van der Waals surface area contributed by atoms with Gasteiger partial charge < -0.3 is 9.47 Å². The quantitative estimate of drug-likeness (QED) is 0.672. The number of ketones is 1. The number of fused-ring (bicyclic) bond motifs is 1. The lowest BCUT2D eigenvalue weighted by Crippen LogP contribution is -2.39. The Balaban J connectivity index is 1.54. The van der Waals surface area contributed by atoms with Gasteiger partial charge in [0.25, 0.3) is 0 Å². The number of aryl methyl sites for hydroxylation is 1. The van der Waals surface area contributed by atoms with Gasteiger partial charge in [0.2, 0.25) is 6.79 Å². The Labute approximate surface area is 174 Å². The largest absolute Gasteiger partial charge is 0.454 e.